The molecule has 0 saturated heterocycles. The lowest BCUT2D eigenvalue weighted by Gasteiger charge is -2.28. The van der Waals surface area contributed by atoms with Gasteiger partial charge < -0.3 is 24.3 Å². The summed E-state index contributed by atoms with van der Waals surface area (Å²) in [6.07, 6.45) is 0. The normalized spacial score (nSPS) is 10.8. The van der Waals surface area contributed by atoms with Crippen molar-refractivity contribution >= 4 is 17.6 Å². The highest BCUT2D eigenvalue weighted by Gasteiger charge is 2.23. The molecular formula is C27H32FN3O4. The summed E-state index contributed by atoms with van der Waals surface area (Å²) < 4.78 is 24.2. The summed E-state index contributed by atoms with van der Waals surface area (Å²) in [5.41, 5.74) is 3.36. The molecule has 0 bridgehead atoms. The summed E-state index contributed by atoms with van der Waals surface area (Å²) >= 11 is 0. The minimum atomic E-state index is -0.386. The van der Waals surface area contributed by atoms with E-state index in [1.165, 1.54) is 17.0 Å². The van der Waals surface area contributed by atoms with Gasteiger partial charge in [-0.1, -0.05) is 30.3 Å². The van der Waals surface area contributed by atoms with Gasteiger partial charge in [0.05, 0.1) is 13.2 Å². The number of benzene rings is 2. The highest BCUT2D eigenvalue weighted by Crippen LogP contribution is 2.20. The van der Waals surface area contributed by atoms with Crippen LogP contribution < -0.4 is 5.32 Å². The molecule has 2 aromatic carbocycles. The van der Waals surface area contributed by atoms with Gasteiger partial charge in [-0.3, -0.25) is 4.79 Å². The van der Waals surface area contributed by atoms with Crippen LogP contribution in [0.3, 0.4) is 0 Å². The summed E-state index contributed by atoms with van der Waals surface area (Å²) in [7, 11) is 1.55. The number of para-hydroxylation sites is 1. The Morgan fingerprint density at radius 3 is 2.23 bits per heavy atom. The number of hydrogen-bond acceptors (Lipinski definition) is 4. The molecule has 3 amide bonds. The molecule has 0 aliphatic rings. The largest absolute Gasteiger partial charge is 0.464 e. The molecule has 0 spiro atoms. The zero-order valence-corrected chi connectivity index (χ0v) is 20.6. The molecule has 186 valence electrons. The second kappa shape index (κ2) is 12.2. The maximum atomic E-state index is 13.4. The number of furan rings is 1. The molecule has 0 atom stereocenters. The van der Waals surface area contributed by atoms with Gasteiger partial charge >= 0.3 is 6.03 Å². The zero-order chi connectivity index (χ0) is 25.4. The van der Waals surface area contributed by atoms with Crippen LogP contribution >= 0.6 is 0 Å². The predicted molar refractivity (Wildman–Crippen MR) is 132 cm³/mol. The molecular weight excluding hydrogens is 449 g/mol. The lowest BCUT2D eigenvalue weighted by Crippen LogP contribution is -2.45. The van der Waals surface area contributed by atoms with Gasteiger partial charge in [0.25, 0.3) is 0 Å². The topological polar surface area (TPSA) is 75.0 Å². The maximum absolute atomic E-state index is 13.4. The quantitative estimate of drug-likeness (QED) is 0.440. The first-order valence-corrected chi connectivity index (χ1v) is 11.5. The second-order valence-corrected chi connectivity index (χ2v) is 8.50. The summed E-state index contributed by atoms with van der Waals surface area (Å²) in [6.45, 7) is 6.51. The molecule has 8 heteroatoms. The van der Waals surface area contributed by atoms with Crippen molar-refractivity contribution in [3.05, 3.63) is 88.6 Å². The van der Waals surface area contributed by atoms with Crippen molar-refractivity contribution in [2.75, 3.05) is 32.1 Å². The molecule has 0 radical (unpaired) electrons. The van der Waals surface area contributed by atoms with Crippen LogP contribution in [-0.2, 0) is 22.6 Å². The molecule has 1 heterocycles. The van der Waals surface area contributed by atoms with Crippen molar-refractivity contribution in [1.29, 1.82) is 0 Å². The fourth-order valence-corrected chi connectivity index (χ4v) is 3.72. The minimum absolute atomic E-state index is 0.152. The average Bonchev–Trinajstić information content (AvgIpc) is 3.24. The summed E-state index contributed by atoms with van der Waals surface area (Å²) in [4.78, 5) is 29.6. The van der Waals surface area contributed by atoms with E-state index in [9.17, 15) is 14.0 Å². The fraction of sp³-hybridized carbons (Fsp3) is 0.333. The number of aryl methyl sites for hydroxylation is 3. The lowest BCUT2D eigenvalue weighted by molar-refractivity contribution is -0.133. The third-order valence-corrected chi connectivity index (χ3v) is 5.67. The van der Waals surface area contributed by atoms with Crippen LogP contribution in [0.5, 0.6) is 0 Å². The Balaban J connectivity index is 1.79. The number of rotatable bonds is 10. The average molecular weight is 482 g/mol. The molecule has 1 N–H and O–H groups in total. The van der Waals surface area contributed by atoms with Crippen molar-refractivity contribution in [2.24, 2.45) is 0 Å². The molecule has 35 heavy (non-hydrogen) atoms. The number of halogens is 1. The molecule has 3 rings (SSSR count). The van der Waals surface area contributed by atoms with Crippen molar-refractivity contribution in [2.45, 2.75) is 33.9 Å². The van der Waals surface area contributed by atoms with Crippen LogP contribution in [-0.4, -0.2) is 48.5 Å². The number of hydrogen-bond donors (Lipinski definition) is 1. The van der Waals surface area contributed by atoms with Gasteiger partial charge in [-0.05, 0) is 61.7 Å². The molecule has 0 fully saturated rings. The number of nitrogens with one attached hydrogen (secondary N) is 1. The molecule has 7 nitrogen and oxygen atoms in total. The van der Waals surface area contributed by atoms with E-state index < -0.39 is 0 Å². The highest BCUT2D eigenvalue weighted by atomic mass is 19.1. The number of methoxy groups -OCH3 is 1. The van der Waals surface area contributed by atoms with Gasteiger partial charge in [0.2, 0.25) is 5.91 Å². The fourth-order valence-electron chi connectivity index (χ4n) is 3.72. The summed E-state index contributed by atoms with van der Waals surface area (Å²) in [6, 6.07) is 15.0. The first-order chi connectivity index (χ1) is 16.8. The van der Waals surface area contributed by atoms with Crippen LogP contribution in [0.2, 0.25) is 0 Å². The second-order valence-electron chi connectivity index (χ2n) is 8.50. The van der Waals surface area contributed by atoms with Crippen molar-refractivity contribution in [3.63, 3.8) is 0 Å². The standard InChI is InChI=1S/C27H32FN3O4/c1-19-6-5-7-20(2)26(19)29-27(33)30(14-15-34-4)18-25(32)31(17-24-13-8-21(3)35-24)16-22-9-11-23(28)12-10-22/h5-13H,14-18H2,1-4H3,(H,29,33). The van der Waals surface area contributed by atoms with E-state index in [-0.39, 0.29) is 50.5 Å². The van der Waals surface area contributed by atoms with Crippen LogP contribution in [0.15, 0.2) is 59.0 Å². The number of urea groups is 1. The molecule has 1 aromatic heterocycles. The first-order valence-electron chi connectivity index (χ1n) is 11.5. The van der Waals surface area contributed by atoms with Gasteiger partial charge in [0.15, 0.2) is 0 Å². The van der Waals surface area contributed by atoms with E-state index in [2.05, 4.69) is 5.32 Å². The van der Waals surface area contributed by atoms with Crippen LogP contribution in [0, 0.1) is 26.6 Å². The van der Waals surface area contributed by atoms with Crippen molar-refractivity contribution in [3.8, 4) is 0 Å². The number of nitrogens with zero attached hydrogens (tertiary/aromatic N) is 2. The van der Waals surface area contributed by atoms with E-state index in [1.54, 1.807) is 24.1 Å². The number of amides is 3. The molecule has 3 aromatic rings. The van der Waals surface area contributed by atoms with Gasteiger partial charge in [-0.25, -0.2) is 9.18 Å². The van der Waals surface area contributed by atoms with E-state index in [4.69, 9.17) is 9.15 Å². The molecule has 0 saturated carbocycles. The number of carbonyl (C=O) groups excluding carboxylic acids is 2. The predicted octanol–water partition coefficient (Wildman–Crippen LogP) is 5.05. The Morgan fingerprint density at radius 1 is 0.943 bits per heavy atom. The molecule has 0 unspecified atom stereocenters. The Morgan fingerprint density at radius 2 is 1.63 bits per heavy atom. The SMILES string of the molecule is COCCN(CC(=O)N(Cc1ccc(F)cc1)Cc1ccc(C)o1)C(=O)Nc1c(C)cccc1C. The van der Waals surface area contributed by atoms with Crippen molar-refractivity contribution < 1.29 is 23.1 Å². The summed E-state index contributed by atoms with van der Waals surface area (Å²) in [5, 5.41) is 2.94. The Labute approximate surface area is 205 Å². The van der Waals surface area contributed by atoms with E-state index in [0.717, 1.165) is 28.1 Å². The Hall–Kier alpha value is -3.65. The van der Waals surface area contributed by atoms with Gasteiger partial charge in [-0.15, -0.1) is 0 Å². The third kappa shape index (κ3) is 7.42. The molecule has 0 aliphatic heterocycles. The zero-order valence-electron chi connectivity index (χ0n) is 20.6. The number of carbonyl (C=O) groups is 2. The van der Waals surface area contributed by atoms with Crippen LogP contribution in [0.25, 0.3) is 0 Å². The monoisotopic (exact) mass is 481 g/mol. The van der Waals surface area contributed by atoms with Gasteiger partial charge in [0.1, 0.15) is 23.9 Å². The third-order valence-electron chi connectivity index (χ3n) is 5.67. The highest BCUT2D eigenvalue weighted by molar-refractivity contribution is 5.93. The molecule has 0 aliphatic carbocycles. The van der Waals surface area contributed by atoms with Crippen LogP contribution in [0.4, 0.5) is 14.9 Å². The smallest absolute Gasteiger partial charge is 0.322 e. The number of ether oxygens (including phenoxy) is 1. The maximum Gasteiger partial charge on any atom is 0.322 e. The van der Waals surface area contributed by atoms with E-state index in [0.29, 0.717) is 5.76 Å². The van der Waals surface area contributed by atoms with Crippen LogP contribution in [0.1, 0.15) is 28.2 Å². The van der Waals surface area contributed by atoms with Gasteiger partial charge in [0, 0.05) is 25.9 Å². The van der Waals surface area contributed by atoms with Crippen molar-refractivity contribution in [1.82, 2.24) is 9.80 Å². The number of anilines is 1. The van der Waals surface area contributed by atoms with E-state index >= 15 is 0 Å². The van der Waals surface area contributed by atoms with Gasteiger partial charge in [-0.2, -0.15) is 0 Å². The lowest BCUT2D eigenvalue weighted by atomic mass is 10.1. The summed E-state index contributed by atoms with van der Waals surface area (Å²) in [5.74, 6) is 0.753. The minimum Gasteiger partial charge on any atom is -0.464 e. The Bertz CT molecular complexity index is 1120. The first kappa shape index (κ1) is 26.0. The van der Waals surface area contributed by atoms with E-state index in [1.807, 2.05) is 51.1 Å². The Kier molecular flexibility index (Phi) is 9.03.